The van der Waals surface area contributed by atoms with E-state index in [1.165, 1.54) is 0 Å². The lowest BCUT2D eigenvalue weighted by atomic mass is 9.79. The van der Waals surface area contributed by atoms with E-state index in [1.54, 1.807) is 13.8 Å². The first-order valence-corrected chi connectivity index (χ1v) is 9.41. The van der Waals surface area contributed by atoms with Crippen LogP contribution in [0.25, 0.3) is 0 Å². The maximum atomic E-state index is 11.3. The van der Waals surface area contributed by atoms with Crippen molar-refractivity contribution in [2.24, 2.45) is 17.6 Å². The molecular formula is C17H39BN2O5. The van der Waals surface area contributed by atoms with Gasteiger partial charge >= 0.3 is 13.1 Å². The van der Waals surface area contributed by atoms with Gasteiger partial charge in [-0.3, -0.25) is 9.59 Å². The molecule has 1 aliphatic carbocycles. The van der Waals surface area contributed by atoms with Crippen molar-refractivity contribution in [1.82, 2.24) is 5.32 Å². The van der Waals surface area contributed by atoms with E-state index in [0.29, 0.717) is 19.3 Å². The summed E-state index contributed by atoms with van der Waals surface area (Å²) in [4.78, 5) is 22.3. The summed E-state index contributed by atoms with van der Waals surface area (Å²) < 4.78 is 0. The lowest BCUT2D eigenvalue weighted by Gasteiger charge is -2.28. The average molecular weight is 362 g/mol. The Morgan fingerprint density at radius 1 is 1.16 bits per heavy atom. The molecule has 0 aromatic heterocycles. The molecule has 3 unspecified atom stereocenters. The second-order valence-corrected chi connectivity index (χ2v) is 5.41. The van der Waals surface area contributed by atoms with Crippen LogP contribution in [0.4, 0.5) is 0 Å². The molecule has 0 spiro atoms. The number of carbonyl (C=O) groups excluding carboxylic acids is 1. The molecule has 1 fully saturated rings. The molecular weight excluding hydrogens is 323 g/mol. The van der Waals surface area contributed by atoms with Gasteiger partial charge in [-0.15, -0.1) is 0 Å². The zero-order valence-electron chi connectivity index (χ0n) is 16.8. The van der Waals surface area contributed by atoms with Crippen molar-refractivity contribution in [3.8, 4) is 0 Å². The molecule has 1 amide bonds. The van der Waals surface area contributed by atoms with Gasteiger partial charge in [0.25, 0.3) is 0 Å². The Morgan fingerprint density at radius 3 is 1.96 bits per heavy atom. The molecule has 1 saturated carbocycles. The molecule has 1 aliphatic rings. The molecule has 0 heterocycles. The quantitative estimate of drug-likeness (QED) is 0.474. The standard InChI is InChI=1S/C11H20N2O3.C2H7BO2.2C2H6/c1-7(12)10(14)13-6-8-4-2-3-5-9(8)11(15)16;1-2-3(4)5;2*1-2/h7-9H,2-6,12H2,1H3,(H,13,14)(H,15,16);4-5H,2H2,1H3;2*1-2H3. The van der Waals surface area contributed by atoms with E-state index in [9.17, 15) is 9.59 Å². The largest absolute Gasteiger partial charge is 0.481 e. The third-order valence-corrected chi connectivity index (χ3v) is 3.54. The second kappa shape index (κ2) is 19.2. The van der Waals surface area contributed by atoms with Crippen molar-refractivity contribution >= 4 is 19.0 Å². The summed E-state index contributed by atoms with van der Waals surface area (Å²) in [5.74, 6) is -1.23. The molecule has 150 valence electrons. The lowest BCUT2D eigenvalue weighted by molar-refractivity contribution is -0.145. The molecule has 0 saturated heterocycles. The number of carbonyl (C=O) groups is 2. The van der Waals surface area contributed by atoms with E-state index in [1.807, 2.05) is 27.7 Å². The Balaban J connectivity index is -0.000000454. The minimum atomic E-state index is -1.12. The van der Waals surface area contributed by atoms with Crippen LogP contribution in [-0.2, 0) is 9.59 Å². The smallest absolute Gasteiger partial charge is 0.451 e. The van der Waals surface area contributed by atoms with Gasteiger partial charge in [0.1, 0.15) is 0 Å². The van der Waals surface area contributed by atoms with E-state index in [4.69, 9.17) is 20.9 Å². The molecule has 3 atom stereocenters. The zero-order chi connectivity index (χ0) is 20.4. The number of hydrogen-bond donors (Lipinski definition) is 5. The number of rotatable bonds is 5. The first-order chi connectivity index (χ1) is 11.8. The number of carboxylic acids is 1. The predicted octanol–water partition coefficient (Wildman–Crippen LogP) is 1.87. The fraction of sp³-hybridized carbons (Fsp3) is 0.882. The van der Waals surface area contributed by atoms with Gasteiger partial charge in [-0.2, -0.15) is 0 Å². The van der Waals surface area contributed by atoms with Crippen molar-refractivity contribution in [1.29, 1.82) is 0 Å². The van der Waals surface area contributed by atoms with Crippen molar-refractivity contribution in [2.75, 3.05) is 6.54 Å². The van der Waals surface area contributed by atoms with Gasteiger partial charge in [0.15, 0.2) is 0 Å². The maximum Gasteiger partial charge on any atom is 0.451 e. The van der Waals surface area contributed by atoms with E-state index in [-0.39, 0.29) is 17.7 Å². The van der Waals surface area contributed by atoms with Gasteiger partial charge in [0.2, 0.25) is 5.91 Å². The molecule has 0 bridgehead atoms. The molecule has 1 rings (SSSR count). The van der Waals surface area contributed by atoms with Gasteiger partial charge in [-0.05, 0) is 32.0 Å². The van der Waals surface area contributed by atoms with Crippen LogP contribution in [0.15, 0.2) is 0 Å². The fourth-order valence-electron chi connectivity index (χ4n) is 2.17. The van der Waals surface area contributed by atoms with Crippen molar-refractivity contribution in [3.63, 3.8) is 0 Å². The van der Waals surface area contributed by atoms with Crippen molar-refractivity contribution in [2.45, 2.75) is 79.6 Å². The average Bonchev–Trinajstić information content (AvgIpc) is 2.63. The Morgan fingerprint density at radius 2 is 1.60 bits per heavy atom. The SMILES string of the molecule is CC.CC.CC(N)C(=O)NCC1CCCCC1C(=O)O.CCB(O)O. The molecule has 7 nitrogen and oxygen atoms in total. The van der Waals surface area contributed by atoms with Gasteiger partial charge in [-0.1, -0.05) is 47.5 Å². The summed E-state index contributed by atoms with van der Waals surface area (Å²) in [6, 6.07) is -0.535. The van der Waals surface area contributed by atoms with Crippen molar-refractivity contribution < 1.29 is 24.7 Å². The third-order valence-electron chi connectivity index (χ3n) is 3.54. The Bertz CT molecular complexity index is 328. The van der Waals surface area contributed by atoms with Crippen molar-refractivity contribution in [3.05, 3.63) is 0 Å². The minimum absolute atomic E-state index is 0.0500. The lowest BCUT2D eigenvalue weighted by Crippen LogP contribution is -2.43. The van der Waals surface area contributed by atoms with Crippen LogP contribution < -0.4 is 11.1 Å². The number of carboxylic acid groups (broad SMARTS) is 1. The number of nitrogens with two attached hydrogens (primary N) is 1. The van der Waals surface area contributed by atoms with Crippen LogP contribution in [0.5, 0.6) is 0 Å². The number of hydrogen-bond acceptors (Lipinski definition) is 5. The van der Waals surface area contributed by atoms with E-state index in [2.05, 4.69) is 5.32 Å². The second-order valence-electron chi connectivity index (χ2n) is 5.41. The molecule has 25 heavy (non-hydrogen) atoms. The summed E-state index contributed by atoms with van der Waals surface area (Å²) in [6.45, 7) is 11.7. The first kappa shape index (κ1) is 28.7. The molecule has 6 N–H and O–H groups in total. The highest BCUT2D eigenvalue weighted by Crippen LogP contribution is 2.29. The minimum Gasteiger partial charge on any atom is -0.481 e. The first-order valence-electron chi connectivity index (χ1n) is 9.41. The summed E-state index contributed by atoms with van der Waals surface area (Å²) in [5, 5.41) is 27.6. The maximum absolute atomic E-state index is 11.3. The van der Waals surface area contributed by atoms with Gasteiger partial charge in [0, 0.05) is 6.54 Å². The Hall–Kier alpha value is -1.12. The molecule has 0 radical (unpaired) electrons. The highest BCUT2D eigenvalue weighted by Gasteiger charge is 2.30. The van der Waals surface area contributed by atoms with Crippen LogP contribution in [-0.4, -0.2) is 46.7 Å². The zero-order valence-corrected chi connectivity index (χ0v) is 16.8. The molecule has 0 aromatic rings. The predicted molar refractivity (Wildman–Crippen MR) is 103 cm³/mol. The molecule has 0 aliphatic heterocycles. The van der Waals surface area contributed by atoms with Crippen LogP contribution in [0.3, 0.4) is 0 Å². The van der Waals surface area contributed by atoms with Crippen LogP contribution in [0.1, 0.15) is 67.2 Å². The van der Waals surface area contributed by atoms with Gasteiger partial charge in [-0.25, -0.2) is 0 Å². The topological polar surface area (TPSA) is 133 Å². The van der Waals surface area contributed by atoms with Gasteiger partial charge < -0.3 is 26.2 Å². The number of aliphatic carboxylic acids is 1. The third kappa shape index (κ3) is 16.1. The molecule has 0 aromatic carbocycles. The fourth-order valence-corrected chi connectivity index (χ4v) is 2.17. The monoisotopic (exact) mass is 362 g/mol. The summed E-state index contributed by atoms with van der Waals surface area (Å²) in [7, 11) is -1.12. The van der Waals surface area contributed by atoms with Crippen LogP contribution in [0.2, 0.25) is 6.32 Å². The normalized spacial score (nSPS) is 19.4. The van der Waals surface area contributed by atoms with E-state index >= 15 is 0 Å². The highest BCUT2D eigenvalue weighted by atomic mass is 16.4. The summed E-state index contributed by atoms with van der Waals surface area (Å²) in [5.41, 5.74) is 5.42. The summed E-state index contributed by atoms with van der Waals surface area (Å²) >= 11 is 0. The number of nitrogens with one attached hydrogen (secondary N) is 1. The highest BCUT2D eigenvalue weighted by molar-refractivity contribution is 6.40. The Labute approximate surface area is 153 Å². The Kier molecular flexibility index (Phi) is 22.0. The van der Waals surface area contributed by atoms with Crippen LogP contribution >= 0.6 is 0 Å². The molecule has 8 heteroatoms. The van der Waals surface area contributed by atoms with E-state index in [0.717, 1.165) is 19.3 Å². The summed E-state index contributed by atoms with van der Waals surface area (Å²) in [6.07, 6.45) is 4.02. The van der Waals surface area contributed by atoms with E-state index < -0.39 is 19.1 Å². The van der Waals surface area contributed by atoms with Crippen LogP contribution in [0, 0.1) is 11.8 Å². The number of amides is 1. The van der Waals surface area contributed by atoms with Gasteiger partial charge in [0.05, 0.1) is 12.0 Å².